The Kier molecular flexibility index (Phi) is 4.74. The molecule has 1 N–H and O–H groups in total. The van der Waals surface area contributed by atoms with Crippen molar-refractivity contribution in [2.24, 2.45) is 0 Å². The normalized spacial score (nSPS) is 25.4. The number of aliphatic hydroxyl groups is 1. The number of carbonyl (C=O) groups is 1. The summed E-state index contributed by atoms with van der Waals surface area (Å²) in [7, 11) is 0. The first-order valence-corrected chi connectivity index (χ1v) is 7.93. The minimum atomic E-state index is -0.700. The number of rotatable bonds is 2. The molecule has 1 saturated carbocycles. The van der Waals surface area contributed by atoms with Crippen molar-refractivity contribution >= 4 is 17.7 Å². The molecule has 1 amide bonds. The third-order valence-electron chi connectivity index (χ3n) is 3.84. The number of hydrogen-bond acceptors (Lipinski definition) is 3. The standard InChI is InChI=1S/C13H23NO2S/c15-12(14-7-4-9-17-10-8-14)11-13(16)5-2-1-3-6-13/h16H,1-11H2. The topological polar surface area (TPSA) is 40.5 Å². The molecule has 1 heterocycles. The number of thioether (sulfide) groups is 1. The largest absolute Gasteiger partial charge is 0.389 e. The molecule has 1 saturated heterocycles. The van der Waals surface area contributed by atoms with Crippen molar-refractivity contribution in [1.29, 1.82) is 0 Å². The molecule has 0 aromatic rings. The van der Waals surface area contributed by atoms with E-state index in [4.69, 9.17) is 0 Å². The zero-order valence-electron chi connectivity index (χ0n) is 10.5. The first-order valence-electron chi connectivity index (χ1n) is 6.78. The Morgan fingerprint density at radius 2 is 1.88 bits per heavy atom. The Morgan fingerprint density at radius 3 is 2.65 bits per heavy atom. The van der Waals surface area contributed by atoms with Crippen molar-refractivity contribution in [1.82, 2.24) is 4.90 Å². The highest BCUT2D eigenvalue weighted by atomic mass is 32.2. The van der Waals surface area contributed by atoms with Gasteiger partial charge in [-0.2, -0.15) is 11.8 Å². The van der Waals surface area contributed by atoms with E-state index in [1.165, 1.54) is 6.42 Å². The summed E-state index contributed by atoms with van der Waals surface area (Å²) in [4.78, 5) is 14.1. The zero-order valence-corrected chi connectivity index (χ0v) is 11.3. The Labute approximate surface area is 108 Å². The van der Waals surface area contributed by atoms with E-state index in [2.05, 4.69) is 0 Å². The van der Waals surface area contributed by atoms with E-state index in [0.29, 0.717) is 6.42 Å². The Morgan fingerprint density at radius 1 is 1.12 bits per heavy atom. The minimum Gasteiger partial charge on any atom is -0.389 e. The van der Waals surface area contributed by atoms with E-state index in [0.717, 1.165) is 56.7 Å². The third-order valence-corrected chi connectivity index (χ3v) is 4.89. The molecule has 2 aliphatic rings. The lowest BCUT2D eigenvalue weighted by Gasteiger charge is -2.33. The molecule has 0 aromatic heterocycles. The van der Waals surface area contributed by atoms with Crippen LogP contribution in [-0.4, -0.2) is 46.1 Å². The summed E-state index contributed by atoms with van der Waals surface area (Å²) in [5, 5.41) is 10.4. The fourth-order valence-corrected chi connectivity index (χ4v) is 3.66. The molecule has 98 valence electrons. The summed E-state index contributed by atoms with van der Waals surface area (Å²) in [5.41, 5.74) is -0.700. The number of carbonyl (C=O) groups excluding carboxylic acids is 1. The van der Waals surface area contributed by atoms with E-state index in [1.807, 2.05) is 16.7 Å². The smallest absolute Gasteiger partial charge is 0.225 e. The SMILES string of the molecule is O=C(CC1(O)CCCCC1)N1CCCSCC1. The Hall–Kier alpha value is -0.220. The summed E-state index contributed by atoms with van der Waals surface area (Å²) >= 11 is 1.93. The van der Waals surface area contributed by atoms with Gasteiger partial charge in [0.05, 0.1) is 12.0 Å². The van der Waals surface area contributed by atoms with Crippen molar-refractivity contribution in [3.8, 4) is 0 Å². The third kappa shape index (κ3) is 3.88. The predicted octanol–water partition coefficient (Wildman–Crippen LogP) is 2.04. The maximum Gasteiger partial charge on any atom is 0.225 e. The molecule has 17 heavy (non-hydrogen) atoms. The first kappa shape index (κ1) is 13.2. The Balaban J connectivity index is 1.86. The Bertz CT molecular complexity index is 256. The molecule has 1 aliphatic heterocycles. The molecule has 2 rings (SSSR count). The molecule has 2 fully saturated rings. The van der Waals surface area contributed by atoms with Crippen LogP contribution in [0.15, 0.2) is 0 Å². The quantitative estimate of drug-likeness (QED) is 0.823. The summed E-state index contributed by atoms with van der Waals surface area (Å²) < 4.78 is 0. The van der Waals surface area contributed by atoms with Gasteiger partial charge in [0.25, 0.3) is 0 Å². The fraction of sp³-hybridized carbons (Fsp3) is 0.923. The molecule has 4 heteroatoms. The fourth-order valence-electron chi connectivity index (χ4n) is 2.78. The van der Waals surface area contributed by atoms with E-state index in [9.17, 15) is 9.90 Å². The van der Waals surface area contributed by atoms with Crippen LogP contribution in [0.2, 0.25) is 0 Å². The van der Waals surface area contributed by atoms with Crippen LogP contribution < -0.4 is 0 Å². The van der Waals surface area contributed by atoms with Crippen LogP contribution in [0.4, 0.5) is 0 Å². The monoisotopic (exact) mass is 257 g/mol. The van der Waals surface area contributed by atoms with Crippen molar-refractivity contribution in [2.75, 3.05) is 24.6 Å². The van der Waals surface area contributed by atoms with Gasteiger partial charge in [-0.3, -0.25) is 4.79 Å². The number of nitrogens with zero attached hydrogens (tertiary/aromatic N) is 1. The highest BCUT2D eigenvalue weighted by Crippen LogP contribution is 2.31. The van der Waals surface area contributed by atoms with Crippen LogP contribution in [0.3, 0.4) is 0 Å². The molecule has 0 radical (unpaired) electrons. The molecular formula is C13H23NO2S. The molecule has 0 spiro atoms. The van der Waals surface area contributed by atoms with Gasteiger partial charge in [-0.05, 0) is 25.0 Å². The van der Waals surface area contributed by atoms with Gasteiger partial charge in [-0.15, -0.1) is 0 Å². The van der Waals surface area contributed by atoms with Crippen molar-refractivity contribution < 1.29 is 9.90 Å². The summed E-state index contributed by atoms with van der Waals surface area (Å²) in [6.45, 7) is 1.74. The average molecular weight is 257 g/mol. The van der Waals surface area contributed by atoms with Crippen molar-refractivity contribution in [2.45, 2.75) is 50.5 Å². The van der Waals surface area contributed by atoms with Crippen molar-refractivity contribution in [3.05, 3.63) is 0 Å². The molecule has 3 nitrogen and oxygen atoms in total. The molecule has 0 bridgehead atoms. The second kappa shape index (κ2) is 6.10. The van der Waals surface area contributed by atoms with Gasteiger partial charge in [0.1, 0.15) is 0 Å². The van der Waals surface area contributed by atoms with Crippen LogP contribution in [0, 0.1) is 0 Å². The van der Waals surface area contributed by atoms with Gasteiger partial charge in [-0.1, -0.05) is 19.3 Å². The predicted molar refractivity (Wildman–Crippen MR) is 71.2 cm³/mol. The molecular weight excluding hydrogens is 234 g/mol. The van der Waals surface area contributed by atoms with Crippen LogP contribution in [-0.2, 0) is 4.79 Å². The highest BCUT2D eigenvalue weighted by Gasteiger charge is 2.33. The van der Waals surface area contributed by atoms with Gasteiger partial charge < -0.3 is 10.0 Å². The van der Waals surface area contributed by atoms with E-state index >= 15 is 0 Å². The molecule has 0 aromatic carbocycles. The second-order valence-electron chi connectivity index (χ2n) is 5.31. The lowest BCUT2D eigenvalue weighted by Crippen LogP contribution is -2.41. The lowest BCUT2D eigenvalue weighted by atomic mass is 9.82. The van der Waals surface area contributed by atoms with Crippen LogP contribution in [0.25, 0.3) is 0 Å². The summed E-state index contributed by atoms with van der Waals surface area (Å²) in [6, 6.07) is 0. The zero-order chi connectivity index (χ0) is 12.1. The molecule has 0 atom stereocenters. The number of hydrogen-bond donors (Lipinski definition) is 1. The van der Waals surface area contributed by atoms with Crippen molar-refractivity contribution in [3.63, 3.8) is 0 Å². The first-order chi connectivity index (χ1) is 8.20. The van der Waals surface area contributed by atoms with Crippen LogP contribution in [0.1, 0.15) is 44.9 Å². The highest BCUT2D eigenvalue weighted by molar-refractivity contribution is 7.99. The van der Waals surface area contributed by atoms with Gasteiger partial charge in [-0.25, -0.2) is 0 Å². The van der Waals surface area contributed by atoms with Crippen LogP contribution in [0.5, 0.6) is 0 Å². The second-order valence-corrected chi connectivity index (χ2v) is 6.53. The lowest BCUT2D eigenvalue weighted by molar-refractivity contribution is -0.137. The molecule has 1 aliphatic carbocycles. The molecule has 0 unspecified atom stereocenters. The van der Waals surface area contributed by atoms with E-state index in [1.54, 1.807) is 0 Å². The maximum atomic E-state index is 12.2. The summed E-state index contributed by atoms with van der Waals surface area (Å²) in [5.74, 6) is 2.37. The van der Waals surface area contributed by atoms with Crippen LogP contribution >= 0.6 is 11.8 Å². The number of amides is 1. The minimum absolute atomic E-state index is 0.164. The maximum absolute atomic E-state index is 12.2. The van der Waals surface area contributed by atoms with Gasteiger partial charge in [0.15, 0.2) is 0 Å². The average Bonchev–Trinajstić information content (AvgIpc) is 2.57. The van der Waals surface area contributed by atoms with E-state index in [-0.39, 0.29) is 5.91 Å². The van der Waals surface area contributed by atoms with E-state index < -0.39 is 5.60 Å². The van der Waals surface area contributed by atoms with Gasteiger partial charge >= 0.3 is 0 Å². The van der Waals surface area contributed by atoms with Gasteiger partial charge in [0, 0.05) is 18.8 Å². The van der Waals surface area contributed by atoms with Gasteiger partial charge in [0.2, 0.25) is 5.91 Å². The summed E-state index contributed by atoms with van der Waals surface area (Å²) in [6.07, 6.45) is 6.39.